The number of hydrogen-bond acceptors (Lipinski definition) is 5. The number of imidazole rings is 1. The molecule has 7 heteroatoms. The van der Waals surface area contributed by atoms with Crippen LogP contribution >= 0.6 is 27.3 Å². The molecule has 1 N–H and O–H groups in total. The normalized spacial score (nSPS) is 17.9. The van der Waals surface area contributed by atoms with Gasteiger partial charge in [0.05, 0.1) is 11.1 Å². The predicted molar refractivity (Wildman–Crippen MR) is 87.8 cm³/mol. The van der Waals surface area contributed by atoms with Crippen LogP contribution in [0.25, 0.3) is 10.2 Å². The van der Waals surface area contributed by atoms with Crippen LogP contribution in [0.15, 0.2) is 22.4 Å². The Bertz CT molecular complexity index is 809. The van der Waals surface area contributed by atoms with Crippen LogP contribution in [0.4, 0.5) is 5.82 Å². The molecule has 1 aliphatic heterocycles. The summed E-state index contributed by atoms with van der Waals surface area (Å²) in [5.41, 5.74) is 1.09. The fourth-order valence-electron chi connectivity index (χ4n) is 2.85. The first-order valence-electron chi connectivity index (χ1n) is 6.87. The van der Waals surface area contributed by atoms with Crippen molar-refractivity contribution in [3.8, 4) is 0 Å². The van der Waals surface area contributed by atoms with Crippen LogP contribution in [0.5, 0.6) is 0 Å². The minimum atomic E-state index is 0.371. The number of rotatable bonds is 2. The average Bonchev–Trinajstić information content (AvgIpc) is 3.02. The molecule has 3 aromatic heterocycles. The van der Waals surface area contributed by atoms with Crippen LogP contribution in [0, 0.1) is 6.92 Å². The Morgan fingerprint density at radius 1 is 1.43 bits per heavy atom. The maximum atomic E-state index is 4.55. The Balaban J connectivity index is 1.63. The quantitative estimate of drug-likeness (QED) is 0.758. The number of aromatic nitrogens is 4. The summed E-state index contributed by atoms with van der Waals surface area (Å²) >= 11 is 5.22. The molecule has 0 aliphatic carbocycles. The van der Waals surface area contributed by atoms with Crippen molar-refractivity contribution in [3.63, 3.8) is 0 Å². The van der Waals surface area contributed by atoms with E-state index in [9.17, 15) is 0 Å². The zero-order chi connectivity index (χ0) is 14.4. The van der Waals surface area contributed by atoms with Crippen LogP contribution in [-0.4, -0.2) is 25.6 Å². The summed E-state index contributed by atoms with van der Waals surface area (Å²) in [7, 11) is 0. The second kappa shape index (κ2) is 5.06. The lowest BCUT2D eigenvalue weighted by Gasteiger charge is -2.25. The molecule has 4 heterocycles. The van der Waals surface area contributed by atoms with Crippen molar-refractivity contribution in [2.75, 3.05) is 5.32 Å². The number of hydrogen-bond donors (Lipinski definition) is 1. The standard InChI is InChI=1S/C14H14BrN5S/c1-8-4-20-5-9(2-3-11(20)18-8)19-13-12-10(15)6-21-14(12)17-7-16-13/h4,6-7,9H,2-3,5H2,1H3,(H,16,17,19). The topological polar surface area (TPSA) is 55.6 Å². The van der Waals surface area contributed by atoms with Crippen molar-refractivity contribution in [2.24, 2.45) is 0 Å². The Morgan fingerprint density at radius 3 is 3.24 bits per heavy atom. The molecule has 1 atom stereocenters. The highest BCUT2D eigenvalue weighted by atomic mass is 79.9. The van der Waals surface area contributed by atoms with Gasteiger partial charge in [-0.3, -0.25) is 0 Å². The fraction of sp³-hybridized carbons (Fsp3) is 0.357. The summed E-state index contributed by atoms with van der Waals surface area (Å²) in [5.74, 6) is 2.11. The average molecular weight is 364 g/mol. The van der Waals surface area contributed by atoms with Crippen molar-refractivity contribution in [2.45, 2.75) is 32.4 Å². The molecule has 108 valence electrons. The smallest absolute Gasteiger partial charge is 0.139 e. The molecule has 21 heavy (non-hydrogen) atoms. The first-order chi connectivity index (χ1) is 10.2. The maximum absolute atomic E-state index is 4.55. The van der Waals surface area contributed by atoms with E-state index in [-0.39, 0.29) is 0 Å². The van der Waals surface area contributed by atoms with Crippen molar-refractivity contribution < 1.29 is 0 Å². The molecule has 1 unspecified atom stereocenters. The second-order valence-electron chi connectivity index (χ2n) is 5.32. The van der Waals surface area contributed by atoms with E-state index in [0.29, 0.717) is 6.04 Å². The number of anilines is 1. The van der Waals surface area contributed by atoms with Gasteiger partial charge in [0.25, 0.3) is 0 Å². The summed E-state index contributed by atoms with van der Waals surface area (Å²) in [6.45, 7) is 2.98. The number of thiophene rings is 1. The third-order valence-electron chi connectivity index (χ3n) is 3.78. The van der Waals surface area contributed by atoms with E-state index in [1.54, 1.807) is 17.7 Å². The highest BCUT2D eigenvalue weighted by molar-refractivity contribution is 9.10. The first kappa shape index (κ1) is 13.2. The summed E-state index contributed by atoms with van der Waals surface area (Å²) in [5, 5.41) is 6.71. The van der Waals surface area contributed by atoms with Gasteiger partial charge in [-0.05, 0) is 29.3 Å². The van der Waals surface area contributed by atoms with Gasteiger partial charge in [-0.15, -0.1) is 11.3 Å². The Kier molecular flexibility index (Phi) is 3.19. The van der Waals surface area contributed by atoms with Crippen LogP contribution in [-0.2, 0) is 13.0 Å². The highest BCUT2D eigenvalue weighted by Crippen LogP contribution is 2.33. The van der Waals surface area contributed by atoms with Crippen molar-refractivity contribution in [1.82, 2.24) is 19.5 Å². The molecular weight excluding hydrogens is 350 g/mol. The van der Waals surface area contributed by atoms with E-state index in [1.165, 1.54) is 5.82 Å². The first-order valence-corrected chi connectivity index (χ1v) is 8.55. The Labute approximate surface area is 134 Å². The maximum Gasteiger partial charge on any atom is 0.139 e. The fourth-order valence-corrected chi connectivity index (χ4v) is 4.40. The minimum Gasteiger partial charge on any atom is -0.365 e. The van der Waals surface area contributed by atoms with Gasteiger partial charge in [0.1, 0.15) is 22.8 Å². The monoisotopic (exact) mass is 363 g/mol. The summed E-state index contributed by atoms with van der Waals surface area (Å²) in [6.07, 6.45) is 5.83. The Hall–Kier alpha value is -1.47. The molecule has 0 aromatic carbocycles. The molecule has 4 rings (SSSR count). The molecule has 0 saturated carbocycles. The third kappa shape index (κ3) is 2.34. The number of halogens is 1. The molecule has 0 fully saturated rings. The molecule has 0 saturated heterocycles. The molecule has 5 nitrogen and oxygen atoms in total. The van der Waals surface area contributed by atoms with E-state index in [2.05, 4.69) is 52.3 Å². The SMILES string of the molecule is Cc1cn2c(n1)CCC(Nc1ncnc3scc(Br)c13)C2. The zero-order valence-corrected chi connectivity index (χ0v) is 13.9. The van der Waals surface area contributed by atoms with Gasteiger partial charge < -0.3 is 9.88 Å². The third-order valence-corrected chi connectivity index (χ3v) is 5.59. The largest absolute Gasteiger partial charge is 0.365 e. The summed E-state index contributed by atoms with van der Waals surface area (Å²) in [6, 6.07) is 0.371. The van der Waals surface area contributed by atoms with Gasteiger partial charge in [-0.1, -0.05) is 0 Å². The number of nitrogens with zero attached hydrogens (tertiary/aromatic N) is 4. The molecule has 1 aliphatic rings. The summed E-state index contributed by atoms with van der Waals surface area (Å²) in [4.78, 5) is 14.3. The molecule has 0 bridgehead atoms. The van der Waals surface area contributed by atoms with Gasteiger partial charge in [-0.2, -0.15) is 0 Å². The van der Waals surface area contributed by atoms with Crippen LogP contribution in [0.2, 0.25) is 0 Å². The van der Waals surface area contributed by atoms with Gasteiger partial charge in [0, 0.05) is 35.1 Å². The van der Waals surface area contributed by atoms with E-state index in [4.69, 9.17) is 0 Å². The van der Waals surface area contributed by atoms with Crippen molar-refractivity contribution in [3.05, 3.63) is 33.9 Å². The molecule has 3 aromatic rings. The van der Waals surface area contributed by atoms with Crippen molar-refractivity contribution in [1.29, 1.82) is 0 Å². The zero-order valence-electron chi connectivity index (χ0n) is 11.5. The number of nitrogens with one attached hydrogen (secondary N) is 1. The van der Waals surface area contributed by atoms with Crippen LogP contribution in [0.3, 0.4) is 0 Å². The molecule has 0 amide bonds. The van der Waals surface area contributed by atoms with E-state index < -0.39 is 0 Å². The van der Waals surface area contributed by atoms with E-state index in [0.717, 1.165) is 45.6 Å². The van der Waals surface area contributed by atoms with Crippen molar-refractivity contribution >= 4 is 43.3 Å². The van der Waals surface area contributed by atoms with Gasteiger partial charge >= 0.3 is 0 Å². The molecular formula is C14H14BrN5S. The van der Waals surface area contributed by atoms with Gasteiger partial charge in [0.15, 0.2) is 0 Å². The predicted octanol–water partition coefficient (Wildman–Crippen LogP) is 3.39. The van der Waals surface area contributed by atoms with E-state index in [1.807, 2.05) is 6.92 Å². The van der Waals surface area contributed by atoms with Gasteiger partial charge in [0.2, 0.25) is 0 Å². The molecule has 0 spiro atoms. The second-order valence-corrected chi connectivity index (χ2v) is 7.03. The lowest BCUT2D eigenvalue weighted by molar-refractivity contribution is 0.476. The van der Waals surface area contributed by atoms with Crippen LogP contribution < -0.4 is 5.32 Å². The number of fused-ring (bicyclic) bond motifs is 2. The Morgan fingerprint density at radius 2 is 2.33 bits per heavy atom. The van der Waals surface area contributed by atoms with Crippen LogP contribution in [0.1, 0.15) is 17.9 Å². The lowest BCUT2D eigenvalue weighted by atomic mass is 10.1. The summed E-state index contributed by atoms with van der Waals surface area (Å²) < 4.78 is 3.30. The van der Waals surface area contributed by atoms with Gasteiger partial charge in [-0.25, -0.2) is 15.0 Å². The van der Waals surface area contributed by atoms with E-state index >= 15 is 0 Å². The highest BCUT2D eigenvalue weighted by Gasteiger charge is 2.21. The molecule has 0 radical (unpaired) electrons. The minimum absolute atomic E-state index is 0.371. The number of aryl methyl sites for hydroxylation is 2. The lowest BCUT2D eigenvalue weighted by Crippen LogP contribution is -2.31.